The van der Waals surface area contributed by atoms with E-state index in [9.17, 15) is 4.79 Å². The van der Waals surface area contributed by atoms with Crippen molar-refractivity contribution in [3.8, 4) is 0 Å². The quantitative estimate of drug-likeness (QED) is 0.346. The van der Waals surface area contributed by atoms with Crippen molar-refractivity contribution in [1.29, 1.82) is 0 Å². The van der Waals surface area contributed by atoms with Gasteiger partial charge in [0, 0.05) is 6.42 Å². The molecule has 0 unspecified atom stereocenters. The summed E-state index contributed by atoms with van der Waals surface area (Å²) in [6.45, 7) is 6.51. The molecule has 0 heterocycles. The number of unbranched alkanes of at least 4 members (excludes halogenated alkanes) is 6. The van der Waals surface area contributed by atoms with Crippen molar-refractivity contribution in [2.75, 3.05) is 0 Å². The molecule has 0 rings (SSSR count). The fourth-order valence-electron chi connectivity index (χ4n) is 1.98. The normalized spacial score (nSPS) is 11.8. The van der Waals surface area contributed by atoms with E-state index in [4.69, 9.17) is 0 Å². The number of hydrogen-bond donors (Lipinski definition) is 0. The molecule has 0 spiro atoms. The first-order valence-corrected chi connectivity index (χ1v) is 7.40. The number of allylic oxidation sites excluding steroid dienone is 2. The molecule has 0 fully saturated rings. The van der Waals surface area contributed by atoms with Crippen LogP contribution in [-0.4, -0.2) is 5.78 Å². The van der Waals surface area contributed by atoms with E-state index in [0.717, 1.165) is 19.3 Å². The van der Waals surface area contributed by atoms with Gasteiger partial charge in [-0.15, -0.1) is 0 Å². The topological polar surface area (TPSA) is 17.1 Å². The molecule has 100 valence electrons. The molecule has 0 aliphatic carbocycles. The maximum absolute atomic E-state index is 11.6. The van der Waals surface area contributed by atoms with Crippen molar-refractivity contribution in [2.24, 2.45) is 0 Å². The zero-order chi connectivity index (χ0) is 12.9. The lowest BCUT2D eigenvalue weighted by molar-refractivity contribution is -0.114. The summed E-state index contributed by atoms with van der Waals surface area (Å²) in [5.41, 5.74) is 1.27. The van der Waals surface area contributed by atoms with Gasteiger partial charge in [0.1, 0.15) is 0 Å². The van der Waals surface area contributed by atoms with Crippen LogP contribution in [0.15, 0.2) is 11.6 Å². The Labute approximate surface area is 108 Å². The van der Waals surface area contributed by atoms with E-state index < -0.39 is 0 Å². The number of hydrogen-bond acceptors (Lipinski definition) is 1. The van der Waals surface area contributed by atoms with Gasteiger partial charge in [-0.3, -0.25) is 4.79 Å². The van der Waals surface area contributed by atoms with E-state index in [1.54, 1.807) is 0 Å². The van der Waals surface area contributed by atoms with Crippen LogP contribution in [0.4, 0.5) is 0 Å². The smallest absolute Gasteiger partial charge is 0.155 e. The standard InChI is InChI=1S/C16H30O/c1-4-6-8-10-12-15(3)14-16(17)13-11-9-7-5-2/h14H,4-13H2,1-3H3/b15-14-. The predicted octanol–water partition coefficient (Wildman–Crippen LogP) is 5.44. The minimum Gasteiger partial charge on any atom is -0.295 e. The second-order valence-corrected chi connectivity index (χ2v) is 5.08. The molecule has 0 aromatic rings. The SMILES string of the molecule is CCCCCCC(=O)/C=C(/C)CCCCCC. The first-order chi connectivity index (χ1) is 8.20. The minimum atomic E-state index is 0.328. The Hall–Kier alpha value is -0.590. The van der Waals surface area contributed by atoms with Crippen molar-refractivity contribution in [3.63, 3.8) is 0 Å². The van der Waals surface area contributed by atoms with E-state index >= 15 is 0 Å². The summed E-state index contributed by atoms with van der Waals surface area (Å²) >= 11 is 0. The fourth-order valence-corrected chi connectivity index (χ4v) is 1.98. The Bertz CT molecular complexity index is 216. The lowest BCUT2D eigenvalue weighted by atomic mass is 10.0. The Morgan fingerprint density at radius 1 is 0.824 bits per heavy atom. The molecule has 1 heteroatoms. The summed E-state index contributed by atoms with van der Waals surface area (Å²) in [5.74, 6) is 0.328. The lowest BCUT2D eigenvalue weighted by Crippen LogP contribution is -1.94. The molecular formula is C16H30O. The van der Waals surface area contributed by atoms with Gasteiger partial charge in [0.25, 0.3) is 0 Å². The van der Waals surface area contributed by atoms with Crippen molar-refractivity contribution in [3.05, 3.63) is 11.6 Å². The van der Waals surface area contributed by atoms with Gasteiger partial charge in [-0.05, 0) is 32.3 Å². The van der Waals surface area contributed by atoms with Crippen LogP contribution in [0.1, 0.15) is 85.0 Å². The van der Waals surface area contributed by atoms with Crippen LogP contribution in [0.3, 0.4) is 0 Å². The van der Waals surface area contributed by atoms with E-state index in [-0.39, 0.29) is 0 Å². The Balaban J connectivity index is 3.59. The summed E-state index contributed by atoms with van der Waals surface area (Å²) in [6, 6.07) is 0. The summed E-state index contributed by atoms with van der Waals surface area (Å²) in [4.78, 5) is 11.6. The van der Waals surface area contributed by atoms with Gasteiger partial charge >= 0.3 is 0 Å². The Kier molecular flexibility index (Phi) is 11.5. The van der Waals surface area contributed by atoms with Gasteiger partial charge in [0.15, 0.2) is 5.78 Å². The van der Waals surface area contributed by atoms with Crippen molar-refractivity contribution in [1.82, 2.24) is 0 Å². The maximum Gasteiger partial charge on any atom is 0.155 e. The van der Waals surface area contributed by atoms with Crippen molar-refractivity contribution >= 4 is 5.78 Å². The highest BCUT2D eigenvalue weighted by atomic mass is 16.1. The summed E-state index contributed by atoms with van der Waals surface area (Å²) in [6.07, 6.45) is 13.6. The molecule has 0 aromatic heterocycles. The zero-order valence-electron chi connectivity index (χ0n) is 12.1. The number of ketones is 1. The van der Waals surface area contributed by atoms with E-state index in [1.165, 1.54) is 50.5 Å². The molecule has 0 atom stereocenters. The molecule has 17 heavy (non-hydrogen) atoms. The van der Waals surface area contributed by atoms with Gasteiger partial charge in [0.2, 0.25) is 0 Å². The van der Waals surface area contributed by atoms with E-state index in [1.807, 2.05) is 6.08 Å². The van der Waals surface area contributed by atoms with Gasteiger partial charge in [0.05, 0.1) is 0 Å². The molecule has 0 aromatic carbocycles. The van der Waals surface area contributed by atoms with Crippen molar-refractivity contribution < 1.29 is 4.79 Å². The summed E-state index contributed by atoms with van der Waals surface area (Å²) < 4.78 is 0. The molecule has 0 amide bonds. The highest BCUT2D eigenvalue weighted by molar-refractivity contribution is 5.90. The molecule has 0 radical (unpaired) electrons. The molecule has 0 aliphatic heterocycles. The maximum atomic E-state index is 11.6. The second kappa shape index (κ2) is 11.9. The third-order valence-corrected chi connectivity index (χ3v) is 3.11. The Morgan fingerprint density at radius 3 is 1.88 bits per heavy atom. The van der Waals surface area contributed by atoms with Crippen LogP contribution in [0.2, 0.25) is 0 Å². The van der Waals surface area contributed by atoms with E-state index in [2.05, 4.69) is 20.8 Å². The average Bonchev–Trinajstić information content (AvgIpc) is 2.30. The minimum absolute atomic E-state index is 0.328. The molecule has 0 saturated heterocycles. The van der Waals surface area contributed by atoms with Crippen molar-refractivity contribution in [2.45, 2.75) is 85.0 Å². The number of rotatable bonds is 11. The lowest BCUT2D eigenvalue weighted by Gasteiger charge is -2.01. The highest BCUT2D eigenvalue weighted by Crippen LogP contribution is 2.11. The predicted molar refractivity (Wildman–Crippen MR) is 76.3 cm³/mol. The number of carbonyl (C=O) groups is 1. The second-order valence-electron chi connectivity index (χ2n) is 5.08. The van der Waals surface area contributed by atoms with Crippen LogP contribution >= 0.6 is 0 Å². The fraction of sp³-hybridized carbons (Fsp3) is 0.812. The molecule has 0 aliphatic rings. The summed E-state index contributed by atoms with van der Waals surface area (Å²) in [7, 11) is 0. The molecule has 0 N–H and O–H groups in total. The molecule has 0 saturated carbocycles. The highest BCUT2D eigenvalue weighted by Gasteiger charge is 1.99. The first-order valence-electron chi connectivity index (χ1n) is 7.40. The van der Waals surface area contributed by atoms with Gasteiger partial charge < -0.3 is 0 Å². The third-order valence-electron chi connectivity index (χ3n) is 3.11. The van der Waals surface area contributed by atoms with Crippen LogP contribution in [0.25, 0.3) is 0 Å². The first kappa shape index (κ1) is 16.4. The average molecular weight is 238 g/mol. The van der Waals surface area contributed by atoms with Gasteiger partial charge in [-0.25, -0.2) is 0 Å². The monoisotopic (exact) mass is 238 g/mol. The van der Waals surface area contributed by atoms with Crippen LogP contribution < -0.4 is 0 Å². The largest absolute Gasteiger partial charge is 0.295 e. The van der Waals surface area contributed by atoms with Crippen LogP contribution in [0, 0.1) is 0 Å². The van der Waals surface area contributed by atoms with E-state index in [0.29, 0.717) is 5.78 Å². The van der Waals surface area contributed by atoms with Gasteiger partial charge in [-0.1, -0.05) is 57.9 Å². The van der Waals surface area contributed by atoms with Gasteiger partial charge in [-0.2, -0.15) is 0 Å². The van der Waals surface area contributed by atoms with Crippen LogP contribution in [-0.2, 0) is 4.79 Å². The summed E-state index contributed by atoms with van der Waals surface area (Å²) in [5, 5.41) is 0. The Morgan fingerprint density at radius 2 is 1.35 bits per heavy atom. The molecule has 1 nitrogen and oxygen atoms in total. The van der Waals surface area contributed by atoms with Crippen LogP contribution in [0.5, 0.6) is 0 Å². The zero-order valence-corrected chi connectivity index (χ0v) is 12.1. The molecule has 0 bridgehead atoms. The third kappa shape index (κ3) is 11.7. The molecular weight excluding hydrogens is 208 g/mol. The number of carbonyl (C=O) groups excluding carboxylic acids is 1.